The second-order valence-corrected chi connectivity index (χ2v) is 10.8. The molecule has 6 rings (SSSR count). The number of ether oxygens (including phenoxy) is 1. The van der Waals surface area contributed by atoms with Gasteiger partial charge in [-0.3, -0.25) is 0 Å². The molecule has 1 aromatic heterocycles. The van der Waals surface area contributed by atoms with Crippen LogP contribution in [-0.2, 0) is 24.7 Å². The molecule has 0 saturated carbocycles. The Kier molecular flexibility index (Phi) is 6.34. The van der Waals surface area contributed by atoms with Crippen molar-refractivity contribution in [3.05, 3.63) is 46.6 Å². The van der Waals surface area contributed by atoms with Crippen LogP contribution in [0.2, 0.25) is 0 Å². The number of rotatable bonds is 5. The molecule has 4 aliphatic rings. The van der Waals surface area contributed by atoms with Gasteiger partial charge in [-0.25, -0.2) is 0 Å². The van der Waals surface area contributed by atoms with Gasteiger partial charge in [-0.15, -0.1) is 0 Å². The summed E-state index contributed by atoms with van der Waals surface area (Å²) in [5, 5.41) is 16.2. The fourth-order valence-corrected chi connectivity index (χ4v) is 6.79. The minimum Gasteiger partial charge on any atom is -0.462 e. The number of piperazine rings is 1. The average Bonchev–Trinajstić information content (AvgIpc) is 3.41. The molecule has 1 unspecified atom stereocenters. The lowest BCUT2D eigenvalue weighted by Crippen LogP contribution is -2.51. The summed E-state index contributed by atoms with van der Waals surface area (Å²) in [5.41, 5.74) is 5.68. The number of aromatic nitrogens is 2. The van der Waals surface area contributed by atoms with Crippen LogP contribution in [-0.4, -0.2) is 54.8 Å². The maximum absolute atomic E-state index is 9.25. The van der Waals surface area contributed by atoms with E-state index in [1.54, 1.807) is 0 Å². The highest BCUT2D eigenvalue weighted by atomic mass is 16.5. The van der Waals surface area contributed by atoms with Crippen LogP contribution in [0.1, 0.15) is 60.9 Å². The first kappa shape index (κ1) is 22.8. The lowest BCUT2D eigenvalue weighted by Gasteiger charge is -2.43. The normalized spacial score (nSPS) is 27.8. The summed E-state index contributed by atoms with van der Waals surface area (Å²) in [6, 6.07) is 12.5. The number of aryl methyl sites for hydroxylation is 1. The average molecular weight is 473 g/mol. The van der Waals surface area contributed by atoms with Crippen molar-refractivity contribution < 1.29 is 4.74 Å². The first-order chi connectivity index (χ1) is 17.2. The van der Waals surface area contributed by atoms with Crippen molar-refractivity contribution in [2.45, 2.75) is 75.3 Å². The number of anilines is 1. The van der Waals surface area contributed by atoms with Crippen molar-refractivity contribution in [2.24, 2.45) is 0 Å². The van der Waals surface area contributed by atoms with Gasteiger partial charge in [0.1, 0.15) is 12.4 Å². The molecule has 2 fully saturated rings. The van der Waals surface area contributed by atoms with E-state index in [9.17, 15) is 5.26 Å². The molecule has 0 radical (unpaired) electrons. The third-order valence-electron chi connectivity index (χ3n) is 8.57. The fraction of sp³-hybridized carbons (Fsp3) is 0.607. The van der Waals surface area contributed by atoms with Crippen LogP contribution >= 0.6 is 0 Å². The van der Waals surface area contributed by atoms with Gasteiger partial charge in [0.2, 0.25) is 0 Å². The van der Waals surface area contributed by atoms with E-state index >= 15 is 0 Å². The van der Waals surface area contributed by atoms with Gasteiger partial charge in [-0.05, 0) is 69.0 Å². The van der Waals surface area contributed by atoms with Crippen LogP contribution in [0.25, 0.3) is 0 Å². The third-order valence-corrected chi connectivity index (χ3v) is 8.57. The van der Waals surface area contributed by atoms with Crippen LogP contribution in [0.3, 0.4) is 0 Å². The molecular formula is C28H36N6O. The standard InChI is InChI=1S/C28H36N6O/c29-13-10-21-18-34(16-15-31-21)26-23-9-12-28(11-3-6-20-5-1-2-8-24(20)28)17-25(23)32-27(33-26)35-19-22-7-4-14-30-22/h1-2,5,8,21-22,30-31H,3-4,6-7,9-12,14-19H2/t21-,22-,28?/m0/s1. The quantitative estimate of drug-likeness (QED) is 0.692. The van der Waals surface area contributed by atoms with E-state index in [0.29, 0.717) is 25.1 Å². The molecule has 1 spiro atoms. The number of hydrogen-bond donors (Lipinski definition) is 2. The summed E-state index contributed by atoms with van der Waals surface area (Å²) >= 11 is 0. The summed E-state index contributed by atoms with van der Waals surface area (Å²) in [7, 11) is 0. The Morgan fingerprint density at radius 3 is 2.89 bits per heavy atom. The smallest absolute Gasteiger partial charge is 0.318 e. The van der Waals surface area contributed by atoms with Gasteiger partial charge in [0.25, 0.3) is 0 Å². The van der Waals surface area contributed by atoms with Gasteiger partial charge >= 0.3 is 6.01 Å². The van der Waals surface area contributed by atoms with Gasteiger partial charge < -0.3 is 20.3 Å². The van der Waals surface area contributed by atoms with Crippen molar-refractivity contribution in [3.8, 4) is 12.1 Å². The molecule has 3 atom stereocenters. The maximum Gasteiger partial charge on any atom is 0.318 e. The molecule has 2 aliphatic heterocycles. The minimum atomic E-state index is 0.171. The Bertz CT molecular complexity index is 1110. The third kappa shape index (κ3) is 4.50. The number of nitriles is 1. The van der Waals surface area contributed by atoms with Crippen molar-refractivity contribution in [1.29, 1.82) is 5.26 Å². The number of hydrogen-bond acceptors (Lipinski definition) is 7. The molecule has 2 N–H and O–H groups in total. The lowest BCUT2D eigenvalue weighted by atomic mass is 9.62. The largest absolute Gasteiger partial charge is 0.462 e. The van der Waals surface area contributed by atoms with E-state index < -0.39 is 0 Å². The summed E-state index contributed by atoms with van der Waals surface area (Å²) < 4.78 is 6.23. The van der Waals surface area contributed by atoms with E-state index in [1.807, 2.05) is 0 Å². The monoisotopic (exact) mass is 472 g/mol. The number of fused-ring (bicyclic) bond motifs is 3. The molecule has 2 saturated heterocycles. The molecule has 7 heteroatoms. The summed E-state index contributed by atoms with van der Waals surface area (Å²) in [4.78, 5) is 12.4. The zero-order valence-electron chi connectivity index (χ0n) is 20.6. The first-order valence-electron chi connectivity index (χ1n) is 13.4. The minimum absolute atomic E-state index is 0.171. The molecule has 2 aromatic rings. The predicted octanol–water partition coefficient (Wildman–Crippen LogP) is 3.06. The fourth-order valence-electron chi connectivity index (χ4n) is 6.79. The number of nitrogens with one attached hydrogen (secondary N) is 2. The number of benzene rings is 1. The lowest BCUT2D eigenvalue weighted by molar-refractivity contribution is 0.252. The summed E-state index contributed by atoms with van der Waals surface area (Å²) in [6.07, 6.45) is 9.62. The van der Waals surface area contributed by atoms with E-state index in [1.165, 1.54) is 48.1 Å². The molecule has 184 valence electrons. The molecule has 7 nitrogen and oxygen atoms in total. The van der Waals surface area contributed by atoms with Crippen molar-refractivity contribution >= 4 is 5.82 Å². The first-order valence-corrected chi connectivity index (χ1v) is 13.4. The molecule has 3 heterocycles. The number of nitrogens with zero attached hydrogens (tertiary/aromatic N) is 4. The van der Waals surface area contributed by atoms with E-state index in [0.717, 1.165) is 57.7 Å². The highest BCUT2D eigenvalue weighted by molar-refractivity contribution is 5.54. The van der Waals surface area contributed by atoms with E-state index in [4.69, 9.17) is 14.7 Å². The van der Waals surface area contributed by atoms with Gasteiger partial charge in [0, 0.05) is 42.7 Å². The highest BCUT2D eigenvalue weighted by Crippen LogP contribution is 2.47. The van der Waals surface area contributed by atoms with Crippen LogP contribution < -0.4 is 20.3 Å². The molecule has 2 aliphatic carbocycles. The second kappa shape index (κ2) is 9.75. The van der Waals surface area contributed by atoms with Crippen molar-refractivity contribution in [1.82, 2.24) is 20.6 Å². The van der Waals surface area contributed by atoms with Crippen LogP contribution in [0, 0.1) is 11.3 Å². The van der Waals surface area contributed by atoms with Gasteiger partial charge in [0.15, 0.2) is 0 Å². The summed E-state index contributed by atoms with van der Waals surface area (Å²) in [6.45, 7) is 4.24. The Morgan fingerprint density at radius 1 is 1.09 bits per heavy atom. The zero-order chi connectivity index (χ0) is 23.7. The second-order valence-electron chi connectivity index (χ2n) is 10.8. The Morgan fingerprint density at radius 2 is 2.00 bits per heavy atom. The highest BCUT2D eigenvalue weighted by Gasteiger charge is 2.41. The Balaban J connectivity index is 1.34. The molecule has 1 aromatic carbocycles. The summed E-state index contributed by atoms with van der Waals surface area (Å²) in [5.74, 6) is 1.03. The zero-order valence-corrected chi connectivity index (χ0v) is 20.6. The van der Waals surface area contributed by atoms with Gasteiger partial charge in [-0.2, -0.15) is 15.2 Å². The maximum atomic E-state index is 9.25. The van der Waals surface area contributed by atoms with E-state index in [-0.39, 0.29) is 11.5 Å². The molecule has 0 amide bonds. The van der Waals surface area contributed by atoms with Crippen LogP contribution in [0.4, 0.5) is 5.82 Å². The SMILES string of the molecule is N#CC[C@H]1CN(c2nc(OC[C@@H]3CCCN3)nc3c2CCC2(CCCc4ccccc42)C3)CCN1. The van der Waals surface area contributed by atoms with Gasteiger partial charge in [-0.1, -0.05) is 24.3 Å². The predicted molar refractivity (Wildman–Crippen MR) is 136 cm³/mol. The van der Waals surface area contributed by atoms with Crippen LogP contribution in [0.15, 0.2) is 24.3 Å². The van der Waals surface area contributed by atoms with Crippen LogP contribution in [0.5, 0.6) is 6.01 Å². The Hall–Kier alpha value is -2.69. The topological polar surface area (TPSA) is 86.1 Å². The van der Waals surface area contributed by atoms with E-state index in [2.05, 4.69) is 45.9 Å². The molecular weight excluding hydrogens is 436 g/mol. The Labute approximate surface area is 208 Å². The van der Waals surface area contributed by atoms with Crippen molar-refractivity contribution in [2.75, 3.05) is 37.7 Å². The van der Waals surface area contributed by atoms with Crippen molar-refractivity contribution in [3.63, 3.8) is 0 Å². The molecule has 35 heavy (non-hydrogen) atoms. The molecule has 0 bridgehead atoms. The van der Waals surface area contributed by atoms with Gasteiger partial charge in [0.05, 0.1) is 18.2 Å².